The molecule has 0 unspecified atom stereocenters. The molecule has 0 spiro atoms. The number of hydrogen-bond acceptors (Lipinski definition) is 6. The summed E-state index contributed by atoms with van der Waals surface area (Å²) in [6.45, 7) is 0. The molecule has 0 bridgehead atoms. The van der Waals surface area contributed by atoms with Crippen LogP contribution >= 0.6 is 0 Å². The van der Waals surface area contributed by atoms with Crippen LogP contribution in [0.4, 0.5) is 0 Å². The van der Waals surface area contributed by atoms with Gasteiger partial charge in [0.2, 0.25) is 0 Å². The molecule has 0 aliphatic heterocycles. The van der Waals surface area contributed by atoms with Gasteiger partial charge in [0.05, 0.1) is 0 Å². The van der Waals surface area contributed by atoms with Gasteiger partial charge in [-0.25, -0.2) is 0 Å². The summed E-state index contributed by atoms with van der Waals surface area (Å²) >= 11 is 0. The van der Waals surface area contributed by atoms with Gasteiger partial charge >= 0.3 is 40.0 Å². The maximum atomic E-state index is 12.9. The average Bonchev–Trinajstić information content (AvgIpc) is 2.97. The van der Waals surface area contributed by atoms with Crippen LogP contribution in [-0.4, -0.2) is 49.5 Å². The van der Waals surface area contributed by atoms with E-state index in [-0.39, 0.29) is 52.6 Å². The van der Waals surface area contributed by atoms with Crippen molar-refractivity contribution in [3.05, 3.63) is 133 Å². The Bertz CT molecular complexity index is 2000. The number of hydrogen-bond donors (Lipinski definition) is 0. The fourth-order valence-electron chi connectivity index (χ4n) is 4.70. The Morgan fingerprint density at radius 3 is 1.14 bits per heavy atom. The summed E-state index contributed by atoms with van der Waals surface area (Å²) in [4.78, 5) is 20.6. The number of fused-ring (bicyclic) bond motifs is 4. The number of carbonyl (C=O) groups is 2. The third-order valence-electron chi connectivity index (χ3n) is 6.62. The molecule has 42 heavy (non-hydrogen) atoms. The first-order valence-electron chi connectivity index (χ1n) is 12.8. The van der Waals surface area contributed by atoms with Gasteiger partial charge in [0, 0.05) is 10.8 Å². The second-order valence-corrected chi connectivity index (χ2v) is 10.5. The van der Waals surface area contributed by atoms with Crippen LogP contribution in [0.2, 0.25) is 0 Å². The van der Waals surface area contributed by atoms with Crippen LogP contribution in [0.5, 0.6) is 11.5 Å². The van der Waals surface area contributed by atoms with E-state index >= 15 is 0 Å². The van der Waals surface area contributed by atoms with Crippen LogP contribution in [0.1, 0.15) is 0 Å². The minimum atomic E-state index is -4.38. The predicted molar refractivity (Wildman–Crippen MR) is 169 cm³/mol. The molecule has 6 aromatic carbocycles. The summed E-state index contributed by atoms with van der Waals surface area (Å²) in [6.07, 6.45) is 5.01. The third kappa shape index (κ3) is 6.45. The molecule has 0 N–H and O–H groups in total. The van der Waals surface area contributed by atoms with Crippen LogP contribution < -0.4 is 8.37 Å². The first-order chi connectivity index (χ1) is 19.8. The second kappa shape index (κ2) is 12.3. The SMILES string of the molecule is O=C1C=CC(=O)C=C1.O=S(=O)(Oc1cccc2cc3ccccc3cc12)Oc1cccc2cc3ccccc3cc12.[NaH]. The normalized spacial score (nSPS) is 12.7. The van der Waals surface area contributed by atoms with Gasteiger partial charge in [-0.2, -0.15) is 0 Å². The van der Waals surface area contributed by atoms with Crippen molar-refractivity contribution in [3.63, 3.8) is 0 Å². The molecule has 0 saturated carbocycles. The van der Waals surface area contributed by atoms with E-state index in [1.54, 1.807) is 24.3 Å². The van der Waals surface area contributed by atoms with Gasteiger partial charge < -0.3 is 8.37 Å². The van der Waals surface area contributed by atoms with Crippen molar-refractivity contribution in [3.8, 4) is 11.5 Å². The van der Waals surface area contributed by atoms with Gasteiger partial charge in [-0.05, 0) is 93.0 Å². The maximum absolute atomic E-state index is 12.9. The van der Waals surface area contributed by atoms with E-state index in [2.05, 4.69) is 0 Å². The molecule has 0 fully saturated rings. The zero-order valence-corrected chi connectivity index (χ0v) is 22.4. The molecule has 202 valence electrons. The molecular formula is C34H23NaO6S. The fourth-order valence-corrected chi connectivity index (χ4v) is 5.46. The first kappa shape index (κ1) is 29.2. The molecular weight excluding hydrogens is 559 g/mol. The summed E-state index contributed by atoms with van der Waals surface area (Å²) < 4.78 is 36.8. The van der Waals surface area contributed by atoms with Crippen molar-refractivity contribution in [1.29, 1.82) is 0 Å². The first-order valence-corrected chi connectivity index (χ1v) is 14.1. The molecule has 6 aromatic rings. The Balaban J connectivity index is 0.000000342. The Morgan fingerprint density at radius 1 is 0.429 bits per heavy atom. The van der Waals surface area contributed by atoms with Crippen molar-refractivity contribution in [1.82, 2.24) is 0 Å². The van der Waals surface area contributed by atoms with Crippen LogP contribution in [0.15, 0.2) is 133 Å². The van der Waals surface area contributed by atoms with Crippen LogP contribution in [-0.2, 0) is 20.0 Å². The zero-order chi connectivity index (χ0) is 28.4. The quantitative estimate of drug-likeness (QED) is 0.132. The van der Waals surface area contributed by atoms with E-state index in [1.165, 1.54) is 24.3 Å². The molecule has 0 amide bonds. The van der Waals surface area contributed by atoms with Gasteiger partial charge in [0.25, 0.3) is 0 Å². The summed E-state index contributed by atoms with van der Waals surface area (Å²) in [5.41, 5.74) is 0. The topological polar surface area (TPSA) is 86.7 Å². The predicted octanol–water partition coefficient (Wildman–Crippen LogP) is 6.60. The third-order valence-corrected chi connectivity index (χ3v) is 7.39. The molecule has 1 aliphatic rings. The number of rotatable bonds is 4. The number of benzene rings is 6. The van der Waals surface area contributed by atoms with Crippen LogP contribution in [0.25, 0.3) is 43.1 Å². The van der Waals surface area contributed by atoms with Crippen LogP contribution in [0, 0.1) is 0 Å². The van der Waals surface area contributed by atoms with Gasteiger partial charge in [0.15, 0.2) is 23.1 Å². The van der Waals surface area contributed by atoms with E-state index in [0.29, 0.717) is 10.8 Å². The Labute approximate surface area is 264 Å². The fraction of sp³-hybridized carbons (Fsp3) is 0. The molecule has 0 atom stereocenters. The molecule has 6 nitrogen and oxygen atoms in total. The summed E-state index contributed by atoms with van der Waals surface area (Å²) in [5.74, 6) is 0.210. The van der Waals surface area contributed by atoms with Crippen molar-refractivity contribution in [2.75, 3.05) is 0 Å². The Kier molecular flexibility index (Phi) is 8.56. The molecule has 0 saturated heterocycles. The van der Waals surface area contributed by atoms with Crippen molar-refractivity contribution in [2.45, 2.75) is 0 Å². The van der Waals surface area contributed by atoms with Crippen LogP contribution in [0.3, 0.4) is 0 Å². The van der Waals surface area contributed by atoms with Gasteiger partial charge in [-0.15, -0.1) is 8.42 Å². The Hall–Kier alpha value is -4.27. The summed E-state index contributed by atoms with van der Waals surface area (Å²) in [6, 6.07) is 34.4. The number of ketones is 2. The summed E-state index contributed by atoms with van der Waals surface area (Å²) in [7, 11) is -4.38. The van der Waals surface area contributed by atoms with E-state index < -0.39 is 10.4 Å². The number of carbonyl (C=O) groups excluding carboxylic acids is 2. The van der Waals surface area contributed by atoms with E-state index in [9.17, 15) is 18.0 Å². The number of allylic oxidation sites excluding steroid dienone is 4. The molecule has 8 heteroatoms. The van der Waals surface area contributed by atoms with Gasteiger partial charge in [-0.1, -0.05) is 72.8 Å². The van der Waals surface area contributed by atoms with Crippen molar-refractivity contribution >= 4 is 94.6 Å². The molecule has 7 rings (SSSR count). The molecule has 0 aromatic heterocycles. The standard InChI is InChI=1S/C28H18O4S.C6H4O2.Na.H/c29-33(30,31-27-13-5-11-23-15-19-7-1-3-9-21(19)17-25(23)27)32-28-14-6-12-24-16-20-8-2-4-10-22(20)18-26(24)28;7-5-1-2-6(8)4-3-5;;/h1-18H;1-4H;;. The Morgan fingerprint density at radius 2 is 0.762 bits per heavy atom. The van der Waals surface area contributed by atoms with Gasteiger partial charge in [-0.3, -0.25) is 9.59 Å². The van der Waals surface area contributed by atoms with E-state index in [0.717, 1.165) is 32.3 Å². The van der Waals surface area contributed by atoms with Crippen molar-refractivity contribution in [2.24, 2.45) is 0 Å². The minimum absolute atomic E-state index is 0. The molecule has 0 radical (unpaired) electrons. The second-order valence-electron chi connectivity index (χ2n) is 9.40. The van der Waals surface area contributed by atoms with E-state index in [4.69, 9.17) is 8.37 Å². The molecule has 0 heterocycles. The monoisotopic (exact) mass is 582 g/mol. The van der Waals surface area contributed by atoms with Crippen molar-refractivity contribution < 1.29 is 26.4 Å². The average molecular weight is 583 g/mol. The van der Waals surface area contributed by atoms with Gasteiger partial charge in [0.1, 0.15) is 0 Å². The van der Waals surface area contributed by atoms with E-state index in [1.807, 2.05) is 84.9 Å². The molecule has 1 aliphatic carbocycles. The summed E-state index contributed by atoms with van der Waals surface area (Å²) in [5, 5.41) is 7.32. The zero-order valence-electron chi connectivity index (χ0n) is 21.6.